The molecule has 0 amide bonds. The number of nitrogen functional groups attached to an aromatic ring is 1. The van der Waals surface area contributed by atoms with E-state index in [1.807, 2.05) is 6.07 Å². The molecule has 0 aliphatic heterocycles. The van der Waals surface area contributed by atoms with E-state index < -0.39 is 15.8 Å². The van der Waals surface area contributed by atoms with Crippen LogP contribution in [0.2, 0.25) is 0 Å². The van der Waals surface area contributed by atoms with Crippen LogP contribution in [-0.2, 0) is 10.0 Å². The first-order valence-electron chi connectivity index (χ1n) is 5.61. The number of anilines is 2. The van der Waals surface area contributed by atoms with Crippen molar-refractivity contribution in [2.45, 2.75) is 4.90 Å². The number of hydrogen-bond acceptors (Lipinski definition) is 4. The van der Waals surface area contributed by atoms with Gasteiger partial charge in [0.25, 0.3) is 10.0 Å². The summed E-state index contributed by atoms with van der Waals surface area (Å²) >= 11 is 3.19. The number of nitrogens with zero attached hydrogens (tertiary/aromatic N) is 1. The Bertz CT molecular complexity index is 847. The lowest BCUT2D eigenvalue weighted by Crippen LogP contribution is -2.15. The summed E-state index contributed by atoms with van der Waals surface area (Å²) in [5.74, 6) is -0.632. The van der Waals surface area contributed by atoms with Crippen molar-refractivity contribution >= 4 is 37.3 Å². The van der Waals surface area contributed by atoms with E-state index in [4.69, 9.17) is 11.0 Å². The molecular formula is C13H9BrFN3O2S. The van der Waals surface area contributed by atoms with E-state index in [0.29, 0.717) is 4.47 Å². The molecule has 0 aliphatic rings. The third-order valence-electron chi connectivity index (χ3n) is 2.61. The summed E-state index contributed by atoms with van der Waals surface area (Å²) in [6, 6.07) is 9.38. The number of rotatable bonds is 3. The lowest BCUT2D eigenvalue weighted by Gasteiger charge is -2.11. The minimum atomic E-state index is -4.01. The number of benzene rings is 2. The number of hydrogen-bond donors (Lipinski definition) is 2. The van der Waals surface area contributed by atoms with Gasteiger partial charge in [-0.3, -0.25) is 4.72 Å². The van der Waals surface area contributed by atoms with Crippen LogP contribution in [0.15, 0.2) is 45.8 Å². The maximum atomic E-state index is 13.0. The topological polar surface area (TPSA) is 96.0 Å². The second-order valence-electron chi connectivity index (χ2n) is 4.09. The fourth-order valence-electron chi connectivity index (χ4n) is 1.66. The average molecular weight is 370 g/mol. The molecule has 2 aromatic rings. The molecule has 0 atom stereocenters. The zero-order chi connectivity index (χ0) is 15.6. The molecule has 0 saturated carbocycles. The van der Waals surface area contributed by atoms with Gasteiger partial charge in [-0.15, -0.1) is 0 Å². The predicted molar refractivity (Wildman–Crippen MR) is 80.5 cm³/mol. The van der Waals surface area contributed by atoms with Crippen molar-refractivity contribution in [3.63, 3.8) is 0 Å². The van der Waals surface area contributed by atoms with Gasteiger partial charge in [0.15, 0.2) is 0 Å². The standard InChI is InChI=1S/C13H9BrFN3O2S/c14-9-1-3-12(8(5-9)7-16)18-21(19,20)13-4-2-10(15)6-11(13)17/h1-6,18H,17H2. The molecule has 5 nitrogen and oxygen atoms in total. The highest BCUT2D eigenvalue weighted by Crippen LogP contribution is 2.25. The monoisotopic (exact) mass is 369 g/mol. The zero-order valence-electron chi connectivity index (χ0n) is 10.5. The molecule has 2 rings (SSSR count). The normalized spacial score (nSPS) is 10.9. The van der Waals surface area contributed by atoms with E-state index in [-0.39, 0.29) is 21.8 Å². The van der Waals surface area contributed by atoms with Crippen LogP contribution in [0.5, 0.6) is 0 Å². The van der Waals surface area contributed by atoms with Crippen molar-refractivity contribution in [1.29, 1.82) is 5.26 Å². The van der Waals surface area contributed by atoms with Crippen molar-refractivity contribution in [2.75, 3.05) is 10.5 Å². The van der Waals surface area contributed by atoms with Crippen molar-refractivity contribution < 1.29 is 12.8 Å². The van der Waals surface area contributed by atoms with Crippen LogP contribution in [0.4, 0.5) is 15.8 Å². The molecule has 0 fully saturated rings. The van der Waals surface area contributed by atoms with Gasteiger partial charge >= 0.3 is 0 Å². The second-order valence-corrected chi connectivity index (χ2v) is 6.66. The number of sulfonamides is 1. The van der Waals surface area contributed by atoms with Gasteiger partial charge in [0, 0.05) is 4.47 Å². The van der Waals surface area contributed by atoms with Crippen LogP contribution in [0.1, 0.15) is 5.56 Å². The summed E-state index contributed by atoms with van der Waals surface area (Å²) < 4.78 is 40.4. The Hall–Kier alpha value is -2.11. The molecule has 0 radical (unpaired) electrons. The van der Waals surface area contributed by atoms with Gasteiger partial charge in [-0.05, 0) is 36.4 Å². The summed E-state index contributed by atoms with van der Waals surface area (Å²) in [7, 11) is -4.01. The molecule has 0 aromatic heterocycles. The van der Waals surface area contributed by atoms with Crippen LogP contribution in [0.25, 0.3) is 0 Å². The number of nitrogens with two attached hydrogens (primary N) is 1. The second kappa shape index (κ2) is 5.71. The predicted octanol–water partition coefficient (Wildman–Crippen LogP) is 2.84. The van der Waals surface area contributed by atoms with Gasteiger partial charge in [-0.25, -0.2) is 12.8 Å². The number of nitrogens with one attached hydrogen (secondary N) is 1. The molecular weight excluding hydrogens is 361 g/mol. The fourth-order valence-corrected chi connectivity index (χ4v) is 3.22. The van der Waals surface area contributed by atoms with Gasteiger partial charge in [-0.1, -0.05) is 15.9 Å². The highest BCUT2D eigenvalue weighted by Gasteiger charge is 2.19. The summed E-state index contributed by atoms with van der Waals surface area (Å²) in [6.45, 7) is 0. The highest BCUT2D eigenvalue weighted by atomic mass is 79.9. The molecule has 8 heteroatoms. The summed E-state index contributed by atoms with van der Waals surface area (Å²) in [6.07, 6.45) is 0. The first kappa shape index (κ1) is 15.3. The Labute approximate surface area is 129 Å². The van der Waals surface area contributed by atoms with Crippen LogP contribution in [0.3, 0.4) is 0 Å². The van der Waals surface area contributed by atoms with Crippen molar-refractivity contribution in [2.24, 2.45) is 0 Å². The molecule has 0 aliphatic carbocycles. The fraction of sp³-hybridized carbons (Fsp3) is 0. The van der Waals surface area contributed by atoms with E-state index in [1.165, 1.54) is 12.1 Å². The van der Waals surface area contributed by atoms with E-state index >= 15 is 0 Å². The van der Waals surface area contributed by atoms with E-state index in [1.54, 1.807) is 6.07 Å². The third kappa shape index (κ3) is 3.32. The lowest BCUT2D eigenvalue weighted by molar-refractivity contribution is 0.600. The smallest absolute Gasteiger partial charge is 0.263 e. The van der Waals surface area contributed by atoms with E-state index in [9.17, 15) is 12.8 Å². The first-order valence-corrected chi connectivity index (χ1v) is 7.88. The molecule has 0 bridgehead atoms. The summed E-state index contributed by atoms with van der Waals surface area (Å²) in [4.78, 5) is -0.254. The summed E-state index contributed by atoms with van der Waals surface area (Å²) in [5, 5.41) is 9.02. The molecule has 0 heterocycles. The molecule has 0 unspecified atom stereocenters. The van der Waals surface area contributed by atoms with Crippen molar-refractivity contribution in [3.05, 3.63) is 52.3 Å². The molecule has 2 aromatic carbocycles. The third-order valence-corrected chi connectivity index (χ3v) is 4.54. The number of nitriles is 1. The SMILES string of the molecule is N#Cc1cc(Br)ccc1NS(=O)(=O)c1ccc(F)cc1N. The highest BCUT2D eigenvalue weighted by molar-refractivity contribution is 9.10. The Kier molecular flexibility index (Phi) is 4.16. The van der Waals surface area contributed by atoms with Crippen LogP contribution in [0, 0.1) is 17.1 Å². The van der Waals surface area contributed by atoms with Crippen LogP contribution < -0.4 is 10.5 Å². The van der Waals surface area contributed by atoms with Gasteiger partial charge < -0.3 is 5.73 Å². The van der Waals surface area contributed by atoms with Crippen molar-refractivity contribution in [3.8, 4) is 6.07 Å². The van der Waals surface area contributed by atoms with Crippen LogP contribution in [-0.4, -0.2) is 8.42 Å². The Morgan fingerprint density at radius 3 is 2.57 bits per heavy atom. The zero-order valence-corrected chi connectivity index (χ0v) is 12.9. The molecule has 3 N–H and O–H groups in total. The minimum absolute atomic E-state index is 0.115. The molecule has 108 valence electrons. The van der Waals surface area contributed by atoms with Crippen LogP contribution >= 0.6 is 15.9 Å². The molecule has 0 spiro atoms. The maximum absolute atomic E-state index is 13.0. The van der Waals surface area contributed by atoms with Gasteiger partial charge in [0.05, 0.1) is 16.9 Å². The van der Waals surface area contributed by atoms with Gasteiger partial charge in [0.1, 0.15) is 16.8 Å². The average Bonchev–Trinajstić information content (AvgIpc) is 2.40. The summed E-state index contributed by atoms with van der Waals surface area (Å²) in [5.41, 5.74) is 5.58. The number of halogens is 2. The largest absolute Gasteiger partial charge is 0.398 e. The minimum Gasteiger partial charge on any atom is -0.398 e. The van der Waals surface area contributed by atoms with Gasteiger partial charge in [0.2, 0.25) is 0 Å². The molecule has 21 heavy (non-hydrogen) atoms. The first-order chi connectivity index (χ1) is 9.83. The quantitative estimate of drug-likeness (QED) is 0.812. The Morgan fingerprint density at radius 2 is 1.95 bits per heavy atom. The van der Waals surface area contributed by atoms with Crippen molar-refractivity contribution in [1.82, 2.24) is 0 Å². The lowest BCUT2D eigenvalue weighted by atomic mass is 10.2. The van der Waals surface area contributed by atoms with E-state index in [2.05, 4.69) is 20.7 Å². The Balaban J connectivity index is 2.45. The van der Waals surface area contributed by atoms with E-state index in [0.717, 1.165) is 18.2 Å². The van der Waals surface area contributed by atoms with Gasteiger partial charge in [-0.2, -0.15) is 5.26 Å². The maximum Gasteiger partial charge on any atom is 0.263 e. The molecule has 0 saturated heterocycles. The Morgan fingerprint density at radius 1 is 1.24 bits per heavy atom.